The number of hydrogen-bond acceptors (Lipinski definition) is 5. The highest BCUT2D eigenvalue weighted by molar-refractivity contribution is 7.91. The van der Waals surface area contributed by atoms with Crippen molar-refractivity contribution >= 4 is 21.4 Å². The van der Waals surface area contributed by atoms with Gasteiger partial charge >= 0.3 is 0 Å². The number of sulfone groups is 1. The molecule has 0 spiro atoms. The van der Waals surface area contributed by atoms with Crippen LogP contribution in [0.3, 0.4) is 0 Å². The van der Waals surface area contributed by atoms with Gasteiger partial charge in [-0.15, -0.1) is 0 Å². The molecule has 2 aromatic carbocycles. The maximum atomic E-state index is 13.1. The lowest BCUT2D eigenvalue weighted by Gasteiger charge is -2.28. The molecule has 7 heteroatoms. The van der Waals surface area contributed by atoms with Crippen molar-refractivity contribution in [1.82, 2.24) is 4.90 Å². The molecule has 1 atom stereocenters. The van der Waals surface area contributed by atoms with Crippen LogP contribution in [0, 0.1) is 13.8 Å². The second kappa shape index (κ2) is 9.08. The summed E-state index contributed by atoms with van der Waals surface area (Å²) in [5, 5.41) is 0. The number of aryl methyl sites for hydroxylation is 2. The second-order valence-corrected chi connectivity index (χ2v) is 10.5. The Kier molecular flexibility index (Phi) is 6.71. The van der Waals surface area contributed by atoms with Crippen LogP contribution in [-0.4, -0.2) is 57.5 Å². The average molecular weight is 431 g/mol. The summed E-state index contributed by atoms with van der Waals surface area (Å²) in [5.74, 6) is 0.583. The van der Waals surface area contributed by atoms with E-state index < -0.39 is 9.84 Å². The number of ether oxygens (including phenoxy) is 1. The number of anilines is 1. The van der Waals surface area contributed by atoms with E-state index in [0.29, 0.717) is 18.7 Å². The van der Waals surface area contributed by atoms with Crippen LogP contribution in [0.1, 0.15) is 23.1 Å². The molecule has 1 aliphatic rings. The molecule has 1 fully saturated rings. The van der Waals surface area contributed by atoms with E-state index in [4.69, 9.17) is 4.74 Å². The molecule has 2 aromatic rings. The minimum absolute atomic E-state index is 0.0120. The van der Waals surface area contributed by atoms with Gasteiger partial charge in [0.05, 0.1) is 11.5 Å². The summed E-state index contributed by atoms with van der Waals surface area (Å²) in [4.78, 5) is 16.7. The first kappa shape index (κ1) is 22.2. The average Bonchev–Trinajstić information content (AvgIpc) is 3.03. The molecule has 0 aromatic heterocycles. The van der Waals surface area contributed by atoms with Crippen molar-refractivity contribution in [2.24, 2.45) is 0 Å². The molecule has 1 amide bonds. The molecule has 3 rings (SSSR count). The molecule has 0 radical (unpaired) electrons. The van der Waals surface area contributed by atoms with Gasteiger partial charge in [-0.1, -0.05) is 18.2 Å². The monoisotopic (exact) mass is 430 g/mol. The smallest absolute Gasteiger partial charge is 0.261 e. The maximum absolute atomic E-state index is 13.1. The first-order valence-electron chi connectivity index (χ1n) is 10.1. The first-order chi connectivity index (χ1) is 14.1. The van der Waals surface area contributed by atoms with Crippen LogP contribution >= 0.6 is 0 Å². The summed E-state index contributed by atoms with van der Waals surface area (Å²) in [6.07, 6.45) is 0.466. The van der Waals surface area contributed by atoms with Crippen LogP contribution in [0.2, 0.25) is 0 Å². The van der Waals surface area contributed by atoms with E-state index in [0.717, 1.165) is 22.4 Å². The minimum atomic E-state index is -3.10. The number of benzene rings is 2. The summed E-state index contributed by atoms with van der Waals surface area (Å²) in [6.45, 7) is 4.21. The molecule has 0 N–H and O–H groups in total. The normalized spacial score (nSPS) is 17.5. The fourth-order valence-electron chi connectivity index (χ4n) is 3.78. The molecule has 162 valence electrons. The molecular weight excluding hydrogens is 400 g/mol. The molecular formula is C23H30N2O4S. The highest BCUT2D eigenvalue weighted by atomic mass is 32.2. The Morgan fingerprint density at radius 1 is 1.07 bits per heavy atom. The third-order valence-corrected chi connectivity index (χ3v) is 7.08. The zero-order valence-electron chi connectivity index (χ0n) is 18.1. The van der Waals surface area contributed by atoms with E-state index in [1.807, 2.05) is 75.3 Å². The summed E-state index contributed by atoms with van der Waals surface area (Å²) in [6, 6.07) is 13.5. The van der Waals surface area contributed by atoms with Crippen LogP contribution < -0.4 is 9.64 Å². The van der Waals surface area contributed by atoms with Crippen LogP contribution in [0.4, 0.5) is 5.69 Å². The Labute approximate surface area is 179 Å². The fourth-order valence-corrected chi connectivity index (χ4v) is 5.51. The van der Waals surface area contributed by atoms with E-state index in [1.54, 1.807) is 4.90 Å². The minimum Gasteiger partial charge on any atom is -0.484 e. The van der Waals surface area contributed by atoms with Gasteiger partial charge in [0, 0.05) is 32.4 Å². The van der Waals surface area contributed by atoms with Gasteiger partial charge < -0.3 is 14.5 Å². The fraction of sp³-hybridized carbons (Fsp3) is 0.435. The standard InChI is InChI=1S/C23H30N2O4S/c1-17-11-18(2)13-22(12-17)29-15-23(26)25(21-9-10-30(27,28)16-21)14-19-5-7-20(8-6-19)24(3)4/h5-8,11-13,21H,9-10,14-16H2,1-4H3/t21-/m1/s1. The zero-order chi connectivity index (χ0) is 21.9. The Bertz CT molecular complexity index is 980. The van der Waals surface area contributed by atoms with E-state index in [1.165, 1.54) is 0 Å². The van der Waals surface area contributed by atoms with E-state index in [9.17, 15) is 13.2 Å². The molecule has 0 saturated carbocycles. The zero-order valence-corrected chi connectivity index (χ0v) is 18.9. The lowest BCUT2D eigenvalue weighted by molar-refractivity contribution is -0.136. The van der Waals surface area contributed by atoms with Crippen molar-refractivity contribution in [2.75, 3.05) is 37.1 Å². The molecule has 1 aliphatic heterocycles. The van der Waals surface area contributed by atoms with Crippen LogP contribution in [0.5, 0.6) is 5.75 Å². The summed E-state index contributed by atoms with van der Waals surface area (Å²) >= 11 is 0. The van der Waals surface area contributed by atoms with Crippen molar-refractivity contribution in [1.29, 1.82) is 0 Å². The predicted molar refractivity (Wildman–Crippen MR) is 120 cm³/mol. The number of nitrogens with zero attached hydrogens (tertiary/aromatic N) is 2. The molecule has 0 aliphatic carbocycles. The van der Waals surface area contributed by atoms with Gasteiger partial charge in [0.15, 0.2) is 16.4 Å². The van der Waals surface area contributed by atoms with Crippen LogP contribution in [0.15, 0.2) is 42.5 Å². The van der Waals surface area contributed by atoms with E-state index in [-0.39, 0.29) is 30.1 Å². The number of carbonyl (C=O) groups is 1. The molecule has 0 bridgehead atoms. The Hall–Kier alpha value is -2.54. The largest absolute Gasteiger partial charge is 0.484 e. The summed E-state index contributed by atoms with van der Waals surface area (Å²) < 4.78 is 29.8. The van der Waals surface area contributed by atoms with Gasteiger partial charge in [-0.25, -0.2) is 8.42 Å². The lowest BCUT2D eigenvalue weighted by atomic mass is 10.1. The Morgan fingerprint density at radius 2 is 1.70 bits per heavy atom. The molecule has 6 nitrogen and oxygen atoms in total. The number of hydrogen-bond donors (Lipinski definition) is 0. The number of amides is 1. The van der Waals surface area contributed by atoms with Crippen molar-refractivity contribution in [3.8, 4) is 5.75 Å². The summed E-state index contributed by atoms with van der Waals surface area (Å²) in [7, 11) is 0.838. The third kappa shape index (κ3) is 5.75. The van der Waals surface area contributed by atoms with Gasteiger partial charge in [-0.05, 0) is 61.2 Å². The molecule has 0 unspecified atom stereocenters. The van der Waals surface area contributed by atoms with Crippen molar-refractivity contribution in [3.05, 3.63) is 59.2 Å². The van der Waals surface area contributed by atoms with E-state index in [2.05, 4.69) is 0 Å². The van der Waals surface area contributed by atoms with Crippen LogP contribution in [0.25, 0.3) is 0 Å². The molecule has 1 heterocycles. The van der Waals surface area contributed by atoms with Gasteiger partial charge in [0.25, 0.3) is 5.91 Å². The van der Waals surface area contributed by atoms with Crippen molar-refractivity contribution < 1.29 is 17.9 Å². The maximum Gasteiger partial charge on any atom is 0.261 e. The number of carbonyl (C=O) groups excluding carboxylic acids is 1. The SMILES string of the molecule is Cc1cc(C)cc(OCC(=O)N(Cc2ccc(N(C)C)cc2)[C@@H]2CCS(=O)(=O)C2)c1. The molecule has 1 saturated heterocycles. The Balaban J connectivity index is 1.75. The quantitative estimate of drug-likeness (QED) is 0.676. The van der Waals surface area contributed by atoms with Gasteiger partial charge in [-0.3, -0.25) is 4.79 Å². The second-order valence-electron chi connectivity index (χ2n) is 8.25. The van der Waals surface area contributed by atoms with Gasteiger partial charge in [0.1, 0.15) is 5.75 Å². The van der Waals surface area contributed by atoms with Gasteiger partial charge in [0.2, 0.25) is 0 Å². The topological polar surface area (TPSA) is 66.9 Å². The highest BCUT2D eigenvalue weighted by Gasteiger charge is 2.34. The highest BCUT2D eigenvalue weighted by Crippen LogP contribution is 2.22. The molecule has 30 heavy (non-hydrogen) atoms. The Morgan fingerprint density at radius 3 is 2.23 bits per heavy atom. The van der Waals surface area contributed by atoms with Crippen molar-refractivity contribution in [3.63, 3.8) is 0 Å². The summed E-state index contributed by atoms with van der Waals surface area (Å²) in [5.41, 5.74) is 4.16. The van der Waals surface area contributed by atoms with Crippen LogP contribution in [-0.2, 0) is 21.2 Å². The van der Waals surface area contributed by atoms with Gasteiger partial charge in [-0.2, -0.15) is 0 Å². The number of rotatable bonds is 7. The van der Waals surface area contributed by atoms with E-state index >= 15 is 0 Å². The predicted octanol–water partition coefficient (Wildman–Crippen LogP) is 2.96. The first-order valence-corrected chi connectivity index (χ1v) is 11.9. The third-order valence-electron chi connectivity index (χ3n) is 5.33. The van der Waals surface area contributed by atoms with Crippen molar-refractivity contribution in [2.45, 2.75) is 32.9 Å². The lowest BCUT2D eigenvalue weighted by Crippen LogP contribution is -2.43.